The molecule has 1 aliphatic rings. The largest absolute Gasteiger partial charge is 0.361 e. The second kappa shape index (κ2) is 7.45. The summed E-state index contributed by atoms with van der Waals surface area (Å²) >= 11 is -2.21. The fraction of sp³-hybridized carbons (Fsp3) is 0.235. The van der Waals surface area contributed by atoms with Gasteiger partial charge in [-0.3, -0.25) is 0 Å². The molecule has 22 heavy (non-hydrogen) atoms. The monoisotopic (exact) mass is 404 g/mol. The van der Waals surface area contributed by atoms with Crippen molar-refractivity contribution in [3.8, 4) is 0 Å². The molecule has 0 aliphatic heterocycles. The van der Waals surface area contributed by atoms with Crippen LogP contribution in [0, 0.1) is 0 Å². The van der Waals surface area contributed by atoms with Crippen LogP contribution in [0.25, 0.3) is 21.9 Å². The zero-order valence-corrected chi connectivity index (χ0v) is 17.4. The van der Waals surface area contributed by atoms with Crippen molar-refractivity contribution in [3.63, 3.8) is 0 Å². The van der Waals surface area contributed by atoms with Crippen molar-refractivity contribution < 1.29 is 17.4 Å². The van der Waals surface area contributed by atoms with Crippen molar-refractivity contribution in [3.05, 3.63) is 53.6 Å². The number of aryl methyl sites for hydroxylation is 2. The minimum Gasteiger partial charge on any atom is -0.207 e. The third kappa shape index (κ3) is 3.74. The van der Waals surface area contributed by atoms with E-state index in [0.29, 0.717) is 0 Å². The van der Waals surface area contributed by atoms with Crippen LogP contribution in [0.3, 0.4) is 0 Å². The van der Waals surface area contributed by atoms with Gasteiger partial charge in [-0.2, -0.15) is 0 Å². The van der Waals surface area contributed by atoms with E-state index in [2.05, 4.69) is 30.3 Å². The van der Waals surface area contributed by atoms with Gasteiger partial charge in [0.2, 0.25) is 0 Å². The molecular weight excluding hydrogens is 392 g/mol. The number of halogens is 3. The number of hydrogen-bond acceptors (Lipinski definition) is 0. The third-order valence-electron chi connectivity index (χ3n) is 3.98. The van der Waals surface area contributed by atoms with E-state index in [4.69, 9.17) is 33.5 Å². The summed E-state index contributed by atoms with van der Waals surface area (Å²) in [7, 11) is 15.0. The molecule has 112 valence electrons. The van der Waals surface area contributed by atoms with Gasteiger partial charge in [-0.1, -0.05) is 12.1 Å². The summed E-state index contributed by atoms with van der Waals surface area (Å²) in [5.41, 5.74) is 5.02. The van der Waals surface area contributed by atoms with Gasteiger partial charge >= 0.3 is 53.2 Å². The summed E-state index contributed by atoms with van der Waals surface area (Å²) in [6, 6.07) is 14.9. The van der Waals surface area contributed by atoms with Gasteiger partial charge in [-0.15, -0.1) is 0 Å². The molecule has 2 aromatic carbocycles. The van der Waals surface area contributed by atoms with Gasteiger partial charge in [0.1, 0.15) is 0 Å². The van der Waals surface area contributed by atoms with Gasteiger partial charge in [0.15, 0.2) is 0 Å². The molecule has 3 aromatic rings. The quantitative estimate of drug-likeness (QED) is 0.226. The van der Waals surface area contributed by atoms with Crippen LogP contribution in [-0.2, 0) is 25.8 Å². The van der Waals surface area contributed by atoms with Crippen LogP contribution in [0.15, 0.2) is 46.9 Å². The van der Waals surface area contributed by atoms with Crippen LogP contribution in [0.4, 0.5) is 0 Å². The fourth-order valence-electron chi connectivity index (χ4n) is 3.05. The standard InChI is InChI=1S/C17H15O.3ClH.Zn/c1-3-7-14-12(5-1)9-10-17-15(14)11-13-6-2-4-8-16(13)18-17;;;;/h2,4,6,8-11H,1,3,5,7H2;3*1H;/q+1;;;;+2/p-3. The van der Waals surface area contributed by atoms with Gasteiger partial charge in [0.25, 0.3) is 0 Å². The Morgan fingerprint density at radius 3 is 2.41 bits per heavy atom. The Bertz CT molecular complexity index is 802. The van der Waals surface area contributed by atoms with Crippen LogP contribution in [0.1, 0.15) is 24.0 Å². The van der Waals surface area contributed by atoms with Crippen LogP contribution < -0.4 is 0 Å². The zero-order chi connectivity index (χ0) is 15.5. The maximum atomic E-state index is 6.01. The predicted molar refractivity (Wildman–Crippen MR) is 92.3 cm³/mol. The van der Waals surface area contributed by atoms with Crippen molar-refractivity contribution in [2.24, 2.45) is 0 Å². The van der Waals surface area contributed by atoms with Gasteiger partial charge in [-0.25, -0.2) is 4.42 Å². The first-order valence-electron chi connectivity index (χ1n) is 7.48. The Labute approximate surface area is 147 Å². The fourth-order valence-corrected chi connectivity index (χ4v) is 3.05. The van der Waals surface area contributed by atoms with E-state index in [1.807, 2.05) is 12.1 Å². The number of fused-ring (bicyclic) bond motifs is 4. The van der Waals surface area contributed by atoms with E-state index >= 15 is 0 Å². The molecule has 1 aliphatic carbocycles. The molecule has 5 heteroatoms. The molecule has 0 saturated carbocycles. The minimum atomic E-state index is -2.21. The zero-order valence-electron chi connectivity index (χ0n) is 12.1. The molecule has 0 atom stereocenters. The molecule has 1 aromatic heterocycles. The summed E-state index contributed by atoms with van der Waals surface area (Å²) in [5, 5.41) is 2.51. The molecule has 0 spiro atoms. The molecule has 0 fully saturated rings. The van der Waals surface area contributed by atoms with Crippen molar-refractivity contribution in [1.29, 1.82) is 0 Å². The summed E-state index contributed by atoms with van der Waals surface area (Å²) in [4.78, 5) is 0. The average molecular weight is 407 g/mol. The summed E-state index contributed by atoms with van der Waals surface area (Å²) < 4.78 is 6.01. The van der Waals surface area contributed by atoms with Gasteiger partial charge in [-0.05, 0) is 55.0 Å². The Balaban J connectivity index is 0.000000325. The molecular formula is C17H15Cl3OZn. The minimum absolute atomic E-state index is 0.973. The smallest absolute Gasteiger partial charge is 0.207 e. The first-order chi connectivity index (χ1) is 10.6. The third-order valence-corrected chi connectivity index (χ3v) is 3.98. The Morgan fingerprint density at radius 2 is 1.59 bits per heavy atom. The van der Waals surface area contributed by atoms with E-state index in [0.717, 1.165) is 11.2 Å². The summed E-state index contributed by atoms with van der Waals surface area (Å²) in [5.74, 6) is 0. The molecule has 0 N–H and O–H groups in total. The Morgan fingerprint density at radius 1 is 0.864 bits per heavy atom. The normalized spacial score (nSPS) is 13.4. The van der Waals surface area contributed by atoms with Gasteiger partial charge in [0, 0.05) is 12.1 Å². The number of hydrogen-bond donors (Lipinski definition) is 0. The number of rotatable bonds is 0. The molecule has 0 radical (unpaired) electrons. The van der Waals surface area contributed by atoms with Crippen molar-refractivity contribution >= 4 is 51.0 Å². The second-order valence-corrected chi connectivity index (χ2v) is 19.3. The summed E-state index contributed by atoms with van der Waals surface area (Å²) in [6.45, 7) is 0. The van der Waals surface area contributed by atoms with Crippen LogP contribution >= 0.6 is 29.1 Å². The van der Waals surface area contributed by atoms with E-state index in [1.54, 1.807) is 0 Å². The SMILES string of the molecule is [Cl][Zn-]([Cl])[Cl].c1ccc2[o+]c3ccc4c(c3cc2c1)CCCC4. The topological polar surface area (TPSA) is 11.3 Å². The first-order valence-corrected chi connectivity index (χ1v) is 19.2. The average Bonchev–Trinajstić information content (AvgIpc) is 2.52. The predicted octanol–water partition coefficient (Wildman–Crippen LogP) is 6.81. The molecule has 0 unspecified atom stereocenters. The van der Waals surface area contributed by atoms with E-state index < -0.39 is 13.0 Å². The molecule has 0 amide bonds. The van der Waals surface area contributed by atoms with Crippen molar-refractivity contribution in [2.75, 3.05) is 0 Å². The number of para-hydroxylation sites is 1. The molecule has 1 heterocycles. The first kappa shape index (κ1) is 16.5. The maximum absolute atomic E-state index is 6.01. The van der Waals surface area contributed by atoms with Crippen LogP contribution in [-0.4, -0.2) is 0 Å². The molecule has 0 bridgehead atoms. The molecule has 4 rings (SSSR count). The van der Waals surface area contributed by atoms with E-state index in [1.165, 1.54) is 47.6 Å². The molecule has 0 saturated heterocycles. The van der Waals surface area contributed by atoms with Crippen molar-refractivity contribution in [2.45, 2.75) is 25.7 Å². The Hall–Kier alpha value is -0.397. The van der Waals surface area contributed by atoms with Gasteiger partial charge < -0.3 is 0 Å². The second-order valence-electron chi connectivity index (χ2n) is 5.41. The van der Waals surface area contributed by atoms with Crippen LogP contribution in [0.2, 0.25) is 0 Å². The Kier molecular flexibility index (Phi) is 5.57. The van der Waals surface area contributed by atoms with E-state index in [9.17, 15) is 0 Å². The van der Waals surface area contributed by atoms with Crippen molar-refractivity contribution in [1.82, 2.24) is 0 Å². The number of benzene rings is 2. The molecule has 1 nitrogen and oxygen atoms in total. The maximum Gasteiger partial charge on any atom is 0.361 e. The summed E-state index contributed by atoms with van der Waals surface area (Å²) in [6.07, 6.45) is 5.04. The van der Waals surface area contributed by atoms with Gasteiger partial charge in [0.05, 0.1) is 10.8 Å². The van der Waals surface area contributed by atoms with Crippen LogP contribution in [0.5, 0.6) is 0 Å². The van der Waals surface area contributed by atoms with E-state index in [-0.39, 0.29) is 0 Å².